The lowest BCUT2D eigenvalue weighted by Gasteiger charge is -2.07. The summed E-state index contributed by atoms with van der Waals surface area (Å²) >= 11 is 0. The van der Waals surface area contributed by atoms with Crippen molar-refractivity contribution in [3.8, 4) is 0 Å². The molecule has 0 radical (unpaired) electrons. The Balaban J connectivity index is 2.08. The molecule has 0 aliphatic heterocycles. The molecule has 2 unspecified atom stereocenters. The molecule has 2 atom stereocenters. The Hall–Kier alpha value is -1.56. The second kappa shape index (κ2) is 5.39. The summed E-state index contributed by atoms with van der Waals surface area (Å²) < 4.78 is 30.1. The zero-order chi connectivity index (χ0) is 13.1. The van der Waals surface area contributed by atoms with Gasteiger partial charge in [-0.05, 0) is 31.5 Å². The van der Waals surface area contributed by atoms with E-state index in [-0.39, 0.29) is 16.8 Å². The van der Waals surface area contributed by atoms with E-state index in [9.17, 15) is 8.60 Å². The quantitative estimate of drug-likeness (QED) is 0.855. The first kappa shape index (κ1) is 12.9. The van der Waals surface area contributed by atoms with Gasteiger partial charge in [0.1, 0.15) is 11.1 Å². The minimum atomic E-state index is -1.22. The summed E-state index contributed by atoms with van der Waals surface area (Å²) in [4.78, 5) is 4.05. The standard InChI is InChI=1S/C12H13FN2O2S/c1-8(12-14-9(2)15-17-12)18(16)7-10-4-3-5-11(13)6-10/h3-6,8H,7H2,1-2H3. The number of aryl methyl sites for hydroxylation is 1. The first-order valence-electron chi connectivity index (χ1n) is 5.48. The molecule has 0 aliphatic rings. The van der Waals surface area contributed by atoms with Crippen LogP contribution in [0.5, 0.6) is 0 Å². The predicted molar refractivity (Wildman–Crippen MR) is 65.7 cm³/mol. The Labute approximate surface area is 107 Å². The van der Waals surface area contributed by atoms with Crippen LogP contribution < -0.4 is 0 Å². The maximum Gasteiger partial charge on any atom is 0.242 e. The third-order valence-electron chi connectivity index (χ3n) is 2.48. The summed E-state index contributed by atoms with van der Waals surface area (Å²) in [5, 5.41) is 3.29. The monoisotopic (exact) mass is 268 g/mol. The summed E-state index contributed by atoms with van der Waals surface area (Å²) in [5.41, 5.74) is 0.691. The van der Waals surface area contributed by atoms with Gasteiger partial charge in [0.25, 0.3) is 0 Å². The first-order valence-corrected chi connectivity index (χ1v) is 6.86. The van der Waals surface area contributed by atoms with Crippen molar-refractivity contribution in [2.24, 2.45) is 0 Å². The lowest BCUT2D eigenvalue weighted by atomic mass is 10.2. The summed E-state index contributed by atoms with van der Waals surface area (Å²) in [6.07, 6.45) is 0. The van der Waals surface area contributed by atoms with Gasteiger partial charge in [-0.25, -0.2) is 4.39 Å². The van der Waals surface area contributed by atoms with E-state index in [0.717, 1.165) is 0 Å². The summed E-state index contributed by atoms with van der Waals surface area (Å²) in [6, 6.07) is 6.08. The lowest BCUT2D eigenvalue weighted by molar-refractivity contribution is 0.375. The number of nitrogens with zero attached hydrogens (tertiary/aromatic N) is 2. The van der Waals surface area contributed by atoms with Crippen LogP contribution in [0.15, 0.2) is 28.8 Å². The molecule has 1 aromatic carbocycles. The van der Waals surface area contributed by atoms with Crippen LogP contribution in [0.25, 0.3) is 0 Å². The highest BCUT2D eigenvalue weighted by Crippen LogP contribution is 2.20. The van der Waals surface area contributed by atoms with Gasteiger partial charge in [-0.2, -0.15) is 4.98 Å². The van der Waals surface area contributed by atoms with Gasteiger partial charge in [-0.3, -0.25) is 4.21 Å². The van der Waals surface area contributed by atoms with Gasteiger partial charge in [0.15, 0.2) is 5.82 Å². The molecule has 0 N–H and O–H groups in total. The van der Waals surface area contributed by atoms with Crippen LogP contribution >= 0.6 is 0 Å². The second-order valence-electron chi connectivity index (χ2n) is 3.98. The van der Waals surface area contributed by atoms with Gasteiger partial charge >= 0.3 is 0 Å². The van der Waals surface area contributed by atoms with Crippen LogP contribution in [-0.4, -0.2) is 14.3 Å². The predicted octanol–water partition coefficient (Wildman–Crippen LogP) is 2.53. The Kier molecular flexibility index (Phi) is 3.86. The average Bonchev–Trinajstić information content (AvgIpc) is 2.75. The van der Waals surface area contributed by atoms with Crippen molar-refractivity contribution in [3.05, 3.63) is 47.4 Å². The number of hydrogen-bond acceptors (Lipinski definition) is 4. The third-order valence-corrected chi connectivity index (χ3v) is 4.09. The maximum atomic E-state index is 13.0. The molecule has 0 amide bonds. The molecule has 1 heterocycles. The summed E-state index contributed by atoms with van der Waals surface area (Å²) in [6.45, 7) is 3.46. The van der Waals surface area contributed by atoms with E-state index < -0.39 is 10.8 Å². The molecule has 0 spiro atoms. The number of hydrogen-bond donors (Lipinski definition) is 0. The van der Waals surface area contributed by atoms with Gasteiger partial charge in [-0.15, -0.1) is 0 Å². The van der Waals surface area contributed by atoms with E-state index in [4.69, 9.17) is 4.52 Å². The highest BCUT2D eigenvalue weighted by Gasteiger charge is 2.20. The second-order valence-corrected chi connectivity index (χ2v) is 5.73. The van der Waals surface area contributed by atoms with E-state index >= 15 is 0 Å². The van der Waals surface area contributed by atoms with E-state index in [2.05, 4.69) is 10.1 Å². The van der Waals surface area contributed by atoms with Gasteiger partial charge in [-0.1, -0.05) is 17.3 Å². The normalized spacial score (nSPS) is 14.4. The fourth-order valence-electron chi connectivity index (χ4n) is 1.51. The van der Waals surface area contributed by atoms with Gasteiger partial charge < -0.3 is 4.52 Å². The van der Waals surface area contributed by atoms with E-state index in [1.165, 1.54) is 12.1 Å². The van der Waals surface area contributed by atoms with Gasteiger partial charge in [0.2, 0.25) is 5.89 Å². The Bertz CT molecular complexity index is 571. The molecule has 4 nitrogen and oxygen atoms in total. The third kappa shape index (κ3) is 3.01. The average molecular weight is 268 g/mol. The fourth-order valence-corrected chi connectivity index (χ4v) is 2.59. The van der Waals surface area contributed by atoms with Crippen molar-refractivity contribution in [2.45, 2.75) is 24.9 Å². The van der Waals surface area contributed by atoms with E-state index in [1.807, 2.05) is 0 Å². The highest BCUT2D eigenvalue weighted by molar-refractivity contribution is 7.84. The van der Waals surface area contributed by atoms with Crippen molar-refractivity contribution in [1.82, 2.24) is 10.1 Å². The van der Waals surface area contributed by atoms with Crippen LogP contribution in [0.3, 0.4) is 0 Å². The molecule has 6 heteroatoms. The van der Waals surface area contributed by atoms with Crippen LogP contribution in [0.1, 0.15) is 29.5 Å². The molecule has 0 fully saturated rings. The maximum absolute atomic E-state index is 13.0. The van der Waals surface area contributed by atoms with E-state index in [1.54, 1.807) is 26.0 Å². The fraction of sp³-hybridized carbons (Fsp3) is 0.333. The van der Waals surface area contributed by atoms with Gasteiger partial charge in [0, 0.05) is 16.6 Å². The van der Waals surface area contributed by atoms with Crippen LogP contribution in [0.2, 0.25) is 0 Å². The minimum absolute atomic E-state index is 0.264. The number of aromatic nitrogens is 2. The Morgan fingerprint density at radius 2 is 2.28 bits per heavy atom. The zero-order valence-corrected chi connectivity index (χ0v) is 10.9. The molecular weight excluding hydrogens is 255 g/mol. The topological polar surface area (TPSA) is 56.0 Å². The smallest absolute Gasteiger partial charge is 0.242 e. The molecular formula is C12H13FN2O2S. The Morgan fingerprint density at radius 3 is 2.89 bits per heavy atom. The molecule has 0 aliphatic carbocycles. The number of rotatable bonds is 4. The zero-order valence-electron chi connectivity index (χ0n) is 10.1. The summed E-state index contributed by atoms with van der Waals surface area (Å²) in [7, 11) is -1.22. The molecule has 96 valence electrons. The number of benzene rings is 1. The van der Waals surface area contributed by atoms with Crippen LogP contribution in [-0.2, 0) is 16.6 Å². The molecule has 1 aromatic heterocycles. The van der Waals surface area contributed by atoms with Crippen molar-refractivity contribution < 1.29 is 13.1 Å². The molecule has 0 saturated carbocycles. The largest absolute Gasteiger partial charge is 0.338 e. The lowest BCUT2D eigenvalue weighted by Crippen LogP contribution is -2.06. The molecule has 0 saturated heterocycles. The van der Waals surface area contributed by atoms with Crippen molar-refractivity contribution in [3.63, 3.8) is 0 Å². The molecule has 18 heavy (non-hydrogen) atoms. The SMILES string of the molecule is Cc1noc(C(C)S(=O)Cc2cccc(F)c2)n1. The molecule has 0 bridgehead atoms. The van der Waals surface area contributed by atoms with Crippen molar-refractivity contribution in [2.75, 3.05) is 0 Å². The summed E-state index contributed by atoms with van der Waals surface area (Å²) in [5.74, 6) is 0.799. The van der Waals surface area contributed by atoms with Crippen LogP contribution in [0.4, 0.5) is 4.39 Å². The first-order chi connectivity index (χ1) is 8.56. The molecule has 2 aromatic rings. The highest BCUT2D eigenvalue weighted by atomic mass is 32.2. The minimum Gasteiger partial charge on any atom is -0.338 e. The van der Waals surface area contributed by atoms with Crippen molar-refractivity contribution >= 4 is 10.8 Å². The Morgan fingerprint density at radius 1 is 1.50 bits per heavy atom. The van der Waals surface area contributed by atoms with Crippen molar-refractivity contribution in [1.29, 1.82) is 0 Å². The number of halogens is 1. The molecule has 2 rings (SSSR count). The van der Waals surface area contributed by atoms with E-state index in [0.29, 0.717) is 17.3 Å². The van der Waals surface area contributed by atoms with Crippen LogP contribution in [0, 0.1) is 12.7 Å². The van der Waals surface area contributed by atoms with Gasteiger partial charge in [0.05, 0.1) is 0 Å².